The Morgan fingerprint density at radius 1 is 1.05 bits per heavy atom. The van der Waals surface area contributed by atoms with E-state index in [9.17, 15) is 0 Å². The van der Waals surface area contributed by atoms with Crippen LogP contribution >= 0.6 is 0 Å². The molecule has 0 unspecified atom stereocenters. The summed E-state index contributed by atoms with van der Waals surface area (Å²) in [7, 11) is 0. The van der Waals surface area contributed by atoms with Crippen LogP contribution < -0.4 is 10.1 Å². The van der Waals surface area contributed by atoms with E-state index in [0.717, 1.165) is 25.4 Å². The molecule has 1 aliphatic rings. The van der Waals surface area contributed by atoms with Crippen molar-refractivity contribution < 1.29 is 4.74 Å². The second-order valence-electron chi connectivity index (χ2n) is 6.41. The highest BCUT2D eigenvalue weighted by Crippen LogP contribution is 2.16. The van der Waals surface area contributed by atoms with Gasteiger partial charge in [0.15, 0.2) is 0 Å². The molecule has 0 aromatic heterocycles. The van der Waals surface area contributed by atoms with E-state index in [-0.39, 0.29) is 0 Å². The van der Waals surface area contributed by atoms with E-state index in [0.29, 0.717) is 5.92 Å². The van der Waals surface area contributed by atoms with Crippen LogP contribution in [0.3, 0.4) is 0 Å². The van der Waals surface area contributed by atoms with Gasteiger partial charge in [0.1, 0.15) is 5.75 Å². The monoisotopic (exact) mass is 290 g/mol. The molecule has 0 aliphatic carbocycles. The Morgan fingerprint density at radius 2 is 1.71 bits per heavy atom. The molecule has 1 N–H and O–H groups in total. The fourth-order valence-corrected chi connectivity index (χ4v) is 2.65. The normalized spacial score (nSPS) is 16.7. The third-order valence-corrected chi connectivity index (χ3v) is 3.89. The van der Waals surface area contributed by atoms with Crippen molar-refractivity contribution in [1.82, 2.24) is 4.90 Å². The second-order valence-corrected chi connectivity index (χ2v) is 6.41. The van der Waals surface area contributed by atoms with Gasteiger partial charge in [0, 0.05) is 18.8 Å². The molecule has 1 aromatic carbocycles. The number of hydrogen-bond donors (Lipinski definition) is 1. The third-order valence-electron chi connectivity index (χ3n) is 3.89. The van der Waals surface area contributed by atoms with Gasteiger partial charge in [0.05, 0.1) is 6.61 Å². The molecular formula is C18H30N2O. The van der Waals surface area contributed by atoms with Crippen LogP contribution in [-0.2, 0) is 0 Å². The molecule has 0 radical (unpaired) electrons. The van der Waals surface area contributed by atoms with E-state index in [4.69, 9.17) is 4.74 Å². The molecule has 1 fully saturated rings. The molecule has 21 heavy (non-hydrogen) atoms. The van der Waals surface area contributed by atoms with Crippen molar-refractivity contribution in [3.63, 3.8) is 0 Å². The lowest BCUT2D eigenvalue weighted by atomic mass is 10.2. The standard InChI is InChI=1S/C18H30N2O/c1-16(2)15-21-18-9-7-17(8-10-18)19-11-14-20-12-5-3-4-6-13-20/h7-10,16,19H,3-6,11-15H2,1-2H3. The zero-order chi connectivity index (χ0) is 14.9. The Labute approximate surface area is 129 Å². The maximum absolute atomic E-state index is 5.70. The van der Waals surface area contributed by atoms with Crippen LogP contribution in [0.2, 0.25) is 0 Å². The summed E-state index contributed by atoms with van der Waals surface area (Å²) in [5.74, 6) is 1.53. The summed E-state index contributed by atoms with van der Waals surface area (Å²) < 4.78 is 5.70. The maximum Gasteiger partial charge on any atom is 0.119 e. The molecular weight excluding hydrogens is 260 g/mol. The van der Waals surface area contributed by atoms with Crippen molar-refractivity contribution in [3.05, 3.63) is 24.3 Å². The smallest absolute Gasteiger partial charge is 0.119 e. The number of likely N-dealkylation sites (tertiary alicyclic amines) is 1. The molecule has 0 bridgehead atoms. The first-order chi connectivity index (χ1) is 10.2. The lowest BCUT2D eigenvalue weighted by Gasteiger charge is -2.20. The summed E-state index contributed by atoms with van der Waals surface area (Å²) >= 11 is 0. The van der Waals surface area contributed by atoms with Gasteiger partial charge < -0.3 is 15.0 Å². The zero-order valence-corrected chi connectivity index (χ0v) is 13.6. The second kappa shape index (κ2) is 8.93. The summed E-state index contributed by atoms with van der Waals surface area (Å²) in [4.78, 5) is 2.58. The fourth-order valence-electron chi connectivity index (χ4n) is 2.65. The average Bonchev–Trinajstić information content (AvgIpc) is 2.75. The van der Waals surface area contributed by atoms with Gasteiger partial charge in [-0.05, 0) is 56.1 Å². The summed E-state index contributed by atoms with van der Waals surface area (Å²) in [5.41, 5.74) is 1.18. The SMILES string of the molecule is CC(C)COc1ccc(NCCN2CCCCCC2)cc1. The highest BCUT2D eigenvalue weighted by atomic mass is 16.5. The van der Waals surface area contributed by atoms with E-state index in [1.165, 1.54) is 44.5 Å². The molecule has 0 amide bonds. The van der Waals surface area contributed by atoms with Crippen molar-refractivity contribution in [2.45, 2.75) is 39.5 Å². The molecule has 0 atom stereocenters. The molecule has 0 spiro atoms. The quantitative estimate of drug-likeness (QED) is 0.821. The van der Waals surface area contributed by atoms with Crippen LogP contribution in [-0.4, -0.2) is 37.7 Å². The molecule has 2 rings (SSSR count). The Balaban J connectivity index is 1.68. The largest absolute Gasteiger partial charge is 0.493 e. The zero-order valence-electron chi connectivity index (χ0n) is 13.6. The number of ether oxygens (including phenoxy) is 1. The molecule has 3 nitrogen and oxygen atoms in total. The lowest BCUT2D eigenvalue weighted by molar-refractivity contribution is 0.271. The van der Waals surface area contributed by atoms with Crippen LogP contribution in [0, 0.1) is 5.92 Å². The van der Waals surface area contributed by atoms with Crippen LogP contribution in [0.15, 0.2) is 24.3 Å². The van der Waals surface area contributed by atoms with Gasteiger partial charge in [-0.1, -0.05) is 26.7 Å². The van der Waals surface area contributed by atoms with Crippen molar-refractivity contribution in [2.75, 3.05) is 38.1 Å². The third kappa shape index (κ3) is 6.38. The van der Waals surface area contributed by atoms with Gasteiger partial charge in [0.2, 0.25) is 0 Å². The van der Waals surface area contributed by atoms with Crippen LogP contribution in [0.25, 0.3) is 0 Å². The predicted octanol–water partition coefficient (Wildman–Crippen LogP) is 4.01. The summed E-state index contributed by atoms with van der Waals surface area (Å²) in [5, 5.41) is 3.51. The first-order valence-electron chi connectivity index (χ1n) is 8.43. The number of hydrogen-bond acceptors (Lipinski definition) is 3. The van der Waals surface area contributed by atoms with Gasteiger partial charge in [-0.25, -0.2) is 0 Å². The van der Waals surface area contributed by atoms with Crippen molar-refractivity contribution >= 4 is 5.69 Å². The lowest BCUT2D eigenvalue weighted by Crippen LogP contribution is -2.29. The molecule has 118 valence electrons. The first-order valence-corrected chi connectivity index (χ1v) is 8.43. The molecule has 1 aliphatic heterocycles. The number of rotatable bonds is 7. The van der Waals surface area contributed by atoms with Gasteiger partial charge in [-0.15, -0.1) is 0 Å². The van der Waals surface area contributed by atoms with Crippen molar-refractivity contribution in [2.24, 2.45) is 5.92 Å². The highest BCUT2D eigenvalue weighted by Gasteiger charge is 2.07. The van der Waals surface area contributed by atoms with Gasteiger partial charge in [0.25, 0.3) is 0 Å². The summed E-state index contributed by atoms with van der Waals surface area (Å²) in [6, 6.07) is 8.32. The van der Waals surface area contributed by atoms with Gasteiger partial charge in [-0.2, -0.15) is 0 Å². The average molecular weight is 290 g/mol. The van der Waals surface area contributed by atoms with E-state index in [1.807, 2.05) is 0 Å². The van der Waals surface area contributed by atoms with E-state index in [1.54, 1.807) is 0 Å². The highest BCUT2D eigenvalue weighted by molar-refractivity contribution is 5.46. The maximum atomic E-state index is 5.70. The van der Waals surface area contributed by atoms with Crippen molar-refractivity contribution in [1.29, 1.82) is 0 Å². The topological polar surface area (TPSA) is 24.5 Å². The molecule has 3 heteroatoms. The van der Waals surface area contributed by atoms with Crippen molar-refractivity contribution in [3.8, 4) is 5.75 Å². The number of nitrogens with zero attached hydrogens (tertiary/aromatic N) is 1. The van der Waals surface area contributed by atoms with E-state index in [2.05, 4.69) is 48.3 Å². The van der Waals surface area contributed by atoms with Crippen LogP contribution in [0.4, 0.5) is 5.69 Å². The number of benzene rings is 1. The molecule has 1 aromatic rings. The predicted molar refractivity (Wildman–Crippen MR) is 90.2 cm³/mol. The minimum atomic E-state index is 0.566. The molecule has 1 heterocycles. The Bertz CT molecular complexity index is 381. The minimum Gasteiger partial charge on any atom is -0.493 e. The Kier molecular flexibility index (Phi) is 6.87. The van der Waals surface area contributed by atoms with Crippen LogP contribution in [0.5, 0.6) is 5.75 Å². The van der Waals surface area contributed by atoms with Gasteiger partial charge >= 0.3 is 0 Å². The van der Waals surface area contributed by atoms with Crippen LogP contribution in [0.1, 0.15) is 39.5 Å². The minimum absolute atomic E-state index is 0.566. The van der Waals surface area contributed by atoms with Gasteiger partial charge in [-0.3, -0.25) is 0 Å². The molecule has 0 saturated carbocycles. The number of nitrogens with one attached hydrogen (secondary N) is 1. The molecule has 1 saturated heterocycles. The summed E-state index contributed by atoms with van der Waals surface area (Å²) in [6.45, 7) is 9.81. The first kappa shape index (κ1) is 16.2. The van der Waals surface area contributed by atoms with E-state index < -0.39 is 0 Å². The fraction of sp³-hybridized carbons (Fsp3) is 0.667. The van der Waals surface area contributed by atoms with E-state index >= 15 is 0 Å². The Hall–Kier alpha value is -1.22. The summed E-state index contributed by atoms with van der Waals surface area (Å²) in [6.07, 6.45) is 5.54. The Morgan fingerprint density at radius 3 is 2.33 bits per heavy atom. The number of anilines is 1.